The van der Waals surface area contributed by atoms with Gasteiger partial charge in [0.05, 0.1) is 18.2 Å². The fourth-order valence-electron chi connectivity index (χ4n) is 1.59. The number of hydrogen-bond donors (Lipinski definition) is 2. The Bertz CT molecular complexity index is 372. The summed E-state index contributed by atoms with van der Waals surface area (Å²) in [5, 5.41) is 8.66. The number of ether oxygens (including phenoxy) is 1. The topological polar surface area (TPSA) is 59.0 Å². The summed E-state index contributed by atoms with van der Waals surface area (Å²) in [6, 6.07) is 9.48. The third-order valence-corrected chi connectivity index (χ3v) is 3.17. The molecule has 0 aliphatic carbocycles. The highest BCUT2D eigenvalue weighted by Gasteiger charge is 1.99. The highest BCUT2D eigenvalue weighted by molar-refractivity contribution is 7.80. The molecule has 0 aliphatic rings. The quantitative estimate of drug-likeness (QED) is 0.560. The van der Waals surface area contributed by atoms with Crippen molar-refractivity contribution >= 4 is 12.6 Å². The highest BCUT2D eigenvalue weighted by Crippen LogP contribution is 2.12. The summed E-state index contributed by atoms with van der Waals surface area (Å²) in [6.45, 7) is 0.710. The van der Waals surface area contributed by atoms with E-state index in [1.807, 2.05) is 12.1 Å². The van der Waals surface area contributed by atoms with E-state index in [4.69, 9.17) is 15.7 Å². The lowest BCUT2D eigenvalue weighted by atomic mass is 10.1. The summed E-state index contributed by atoms with van der Waals surface area (Å²) in [5.41, 5.74) is 6.43. The van der Waals surface area contributed by atoms with Gasteiger partial charge in [0.1, 0.15) is 5.75 Å². The van der Waals surface area contributed by atoms with Crippen LogP contribution < -0.4 is 10.5 Å². The zero-order valence-electron chi connectivity index (χ0n) is 10.5. The molecule has 0 fully saturated rings. The van der Waals surface area contributed by atoms with Crippen molar-refractivity contribution in [1.29, 1.82) is 5.26 Å². The van der Waals surface area contributed by atoms with Crippen LogP contribution in [0.1, 0.15) is 31.2 Å². The van der Waals surface area contributed by atoms with Crippen molar-refractivity contribution in [1.82, 2.24) is 0 Å². The van der Waals surface area contributed by atoms with E-state index in [0.29, 0.717) is 12.2 Å². The van der Waals surface area contributed by atoms with Crippen LogP contribution in [0.25, 0.3) is 0 Å². The van der Waals surface area contributed by atoms with Crippen LogP contribution in [0.15, 0.2) is 24.3 Å². The summed E-state index contributed by atoms with van der Waals surface area (Å²) in [4.78, 5) is 0. The first-order chi connectivity index (χ1) is 8.76. The van der Waals surface area contributed by atoms with Crippen molar-refractivity contribution in [2.45, 2.75) is 31.7 Å². The standard InChI is InChI=1S/C14H20N2OS/c15-10-12-5-7-14(8-6-12)17-9-3-1-2-4-13(16)11-18/h5-8,13,18H,1-4,9,11,16H2. The van der Waals surface area contributed by atoms with Crippen LogP contribution in [0.5, 0.6) is 5.75 Å². The molecule has 1 aromatic carbocycles. The van der Waals surface area contributed by atoms with Crippen LogP contribution >= 0.6 is 12.6 Å². The van der Waals surface area contributed by atoms with Gasteiger partial charge in [-0.15, -0.1) is 0 Å². The maximum Gasteiger partial charge on any atom is 0.119 e. The highest BCUT2D eigenvalue weighted by atomic mass is 32.1. The van der Waals surface area contributed by atoms with Gasteiger partial charge in [-0.3, -0.25) is 0 Å². The molecule has 18 heavy (non-hydrogen) atoms. The summed E-state index contributed by atoms with van der Waals surface area (Å²) in [5.74, 6) is 1.57. The van der Waals surface area contributed by atoms with E-state index in [1.54, 1.807) is 12.1 Å². The first-order valence-electron chi connectivity index (χ1n) is 6.25. The minimum atomic E-state index is 0.216. The third-order valence-electron chi connectivity index (χ3n) is 2.71. The van der Waals surface area contributed by atoms with Gasteiger partial charge < -0.3 is 10.5 Å². The molecule has 0 aromatic heterocycles. The summed E-state index contributed by atoms with van der Waals surface area (Å²) in [6.07, 6.45) is 4.30. The van der Waals surface area contributed by atoms with E-state index in [0.717, 1.165) is 37.2 Å². The number of nitriles is 1. The minimum absolute atomic E-state index is 0.216. The Morgan fingerprint density at radius 3 is 2.56 bits per heavy atom. The molecule has 4 heteroatoms. The molecular weight excluding hydrogens is 244 g/mol. The molecule has 2 N–H and O–H groups in total. The van der Waals surface area contributed by atoms with Crippen molar-refractivity contribution in [2.24, 2.45) is 5.73 Å². The van der Waals surface area contributed by atoms with E-state index in [1.165, 1.54) is 0 Å². The van der Waals surface area contributed by atoms with Crippen LogP contribution in [0, 0.1) is 11.3 Å². The Balaban J connectivity index is 2.09. The molecule has 1 rings (SSSR count). The van der Waals surface area contributed by atoms with E-state index in [2.05, 4.69) is 18.7 Å². The lowest BCUT2D eigenvalue weighted by Gasteiger charge is -2.08. The molecule has 0 radical (unpaired) electrons. The Labute approximate surface area is 114 Å². The molecule has 0 aliphatic heterocycles. The van der Waals surface area contributed by atoms with Crippen LogP contribution in [0.3, 0.4) is 0 Å². The smallest absolute Gasteiger partial charge is 0.119 e. The SMILES string of the molecule is N#Cc1ccc(OCCCCCC(N)CS)cc1. The Kier molecular flexibility index (Phi) is 7.31. The number of unbranched alkanes of at least 4 members (excludes halogenated alkanes) is 2. The molecule has 1 unspecified atom stereocenters. The minimum Gasteiger partial charge on any atom is -0.494 e. The predicted molar refractivity (Wildman–Crippen MR) is 76.9 cm³/mol. The van der Waals surface area contributed by atoms with E-state index < -0.39 is 0 Å². The van der Waals surface area contributed by atoms with Gasteiger partial charge in [0.2, 0.25) is 0 Å². The molecule has 0 saturated heterocycles. The second kappa shape index (κ2) is 8.84. The van der Waals surface area contributed by atoms with Gasteiger partial charge in [-0.25, -0.2) is 0 Å². The van der Waals surface area contributed by atoms with E-state index in [-0.39, 0.29) is 6.04 Å². The normalized spacial score (nSPS) is 11.8. The van der Waals surface area contributed by atoms with Crippen LogP contribution in [-0.2, 0) is 0 Å². The van der Waals surface area contributed by atoms with Crippen LogP contribution in [-0.4, -0.2) is 18.4 Å². The monoisotopic (exact) mass is 264 g/mol. The van der Waals surface area contributed by atoms with Crippen molar-refractivity contribution in [3.05, 3.63) is 29.8 Å². The fourth-order valence-corrected chi connectivity index (χ4v) is 1.77. The van der Waals surface area contributed by atoms with Crippen molar-refractivity contribution in [2.75, 3.05) is 12.4 Å². The second-order valence-electron chi connectivity index (χ2n) is 4.28. The average Bonchev–Trinajstić information content (AvgIpc) is 2.43. The Morgan fingerprint density at radius 2 is 1.94 bits per heavy atom. The Hall–Kier alpha value is -1.18. The van der Waals surface area contributed by atoms with E-state index >= 15 is 0 Å². The maximum absolute atomic E-state index is 8.66. The molecule has 0 spiro atoms. The first kappa shape index (κ1) is 14.9. The number of rotatable bonds is 8. The summed E-state index contributed by atoms with van der Waals surface area (Å²) < 4.78 is 5.58. The number of nitrogens with two attached hydrogens (primary N) is 1. The van der Waals surface area contributed by atoms with Gasteiger partial charge in [-0.2, -0.15) is 17.9 Å². The zero-order valence-corrected chi connectivity index (χ0v) is 11.4. The largest absolute Gasteiger partial charge is 0.494 e. The van der Waals surface area contributed by atoms with Crippen molar-refractivity contribution < 1.29 is 4.74 Å². The van der Waals surface area contributed by atoms with Gasteiger partial charge in [0.15, 0.2) is 0 Å². The van der Waals surface area contributed by atoms with Gasteiger partial charge in [-0.1, -0.05) is 12.8 Å². The molecule has 0 bridgehead atoms. The molecule has 3 nitrogen and oxygen atoms in total. The molecule has 1 aromatic rings. The fraction of sp³-hybridized carbons (Fsp3) is 0.500. The maximum atomic E-state index is 8.66. The lowest BCUT2D eigenvalue weighted by Crippen LogP contribution is -2.21. The van der Waals surface area contributed by atoms with Crippen LogP contribution in [0.2, 0.25) is 0 Å². The molecule has 1 atom stereocenters. The number of benzene rings is 1. The van der Waals surface area contributed by atoms with Gasteiger partial charge in [0.25, 0.3) is 0 Å². The zero-order chi connectivity index (χ0) is 13.2. The summed E-state index contributed by atoms with van der Waals surface area (Å²) >= 11 is 4.15. The van der Waals surface area contributed by atoms with E-state index in [9.17, 15) is 0 Å². The number of nitrogens with zero attached hydrogens (tertiary/aromatic N) is 1. The summed E-state index contributed by atoms with van der Waals surface area (Å²) in [7, 11) is 0. The molecule has 0 saturated carbocycles. The lowest BCUT2D eigenvalue weighted by molar-refractivity contribution is 0.304. The first-order valence-corrected chi connectivity index (χ1v) is 6.89. The van der Waals surface area contributed by atoms with Crippen molar-refractivity contribution in [3.63, 3.8) is 0 Å². The predicted octanol–water partition coefficient (Wildman–Crippen LogP) is 2.75. The Morgan fingerprint density at radius 1 is 1.22 bits per heavy atom. The second-order valence-corrected chi connectivity index (χ2v) is 4.64. The molecular formula is C14H20N2OS. The molecule has 98 valence electrons. The average molecular weight is 264 g/mol. The van der Waals surface area contributed by atoms with Gasteiger partial charge in [-0.05, 0) is 37.1 Å². The molecule has 0 amide bonds. The van der Waals surface area contributed by atoms with Gasteiger partial charge >= 0.3 is 0 Å². The molecule has 0 heterocycles. The van der Waals surface area contributed by atoms with Crippen molar-refractivity contribution in [3.8, 4) is 11.8 Å². The number of hydrogen-bond acceptors (Lipinski definition) is 4. The number of thiol groups is 1. The third kappa shape index (κ3) is 5.95. The van der Waals surface area contributed by atoms with Crippen LogP contribution in [0.4, 0.5) is 0 Å². The van der Waals surface area contributed by atoms with Gasteiger partial charge in [0, 0.05) is 11.8 Å².